The normalized spacial score (nSPS) is 45.5. The summed E-state index contributed by atoms with van der Waals surface area (Å²) in [5.41, 5.74) is -3.11. The minimum atomic E-state index is -2.01. The van der Waals surface area contributed by atoms with Gasteiger partial charge in [0.05, 0.1) is 17.4 Å². The number of rotatable bonds is 3. The van der Waals surface area contributed by atoms with Crippen LogP contribution in [0.2, 0.25) is 0 Å². The van der Waals surface area contributed by atoms with E-state index in [2.05, 4.69) is 0 Å². The molecule has 1 saturated carbocycles. The first-order chi connectivity index (χ1) is 12.0. The lowest BCUT2D eigenvalue weighted by molar-refractivity contribution is -0.177. The molecule has 7 nitrogen and oxygen atoms in total. The van der Waals surface area contributed by atoms with Crippen molar-refractivity contribution in [3.8, 4) is 0 Å². The second-order valence-corrected chi connectivity index (χ2v) is 8.22. The summed E-state index contributed by atoms with van der Waals surface area (Å²) in [5.74, 6) is -2.76. The Kier molecular flexibility index (Phi) is 4.51. The summed E-state index contributed by atoms with van der Waals surface area (Å²) in [4.78, 5) is 37.1. The summed E-state index contributed by atoms with van der Waals surface area (Å²) in [6.07, 6.45) is 0.817. The number of carbonyl (C=O) groups is 3. The molecule has 3 aliphatic rings. The van der Waals surface area contributed by atoms with Gasteiger partial charge in [-0.2, -0.15) is 0 Å². The summed E-state index contributed by atoms with van der Waals surface area (Å²) in [5, 5.41) is 21.0. The first kappa shape index (κ1) is 19.0. The minimum Gasteiger partial charge on any atom is -0.461 e. The van der Waals surface area contributed by atoms with E-state index in [0.717, 1.165) is 0 Å². The largest absolute Gasteiger partial charge is 0.461 e. The van der Waals surface area contributed by atoms with E-state index in [0.29, 0.717) is 6.42 Å². The van der Waals surface area contributed by atoms with Gasteiger partial charge in [0.2, 0.25) is 0 Å². The van der Waals surface area contributed by atoms with Crippen LogP contribution in [0.4, 0.5) is 0 Å². The van der Waals surface area contributed by atoms with Crippen LogP contribution in [0.3, 0.4) is 0 Å². The minimum absolute atomic E-state index is 0.0162. The highest BCUT2D eigenvalue weighted by Gasteiger charge is 2.68. The Balaban J connectivity index is 2.15. The van der Waals surface area contributed by atoms with Gasteiger partial charge in [0.1, 0.15) is 12.2 Å². The zero-order chi connectivity index (χ0) is 19.4. The number of allylic oxidation sites excluding steroid dienone is 2. The summed E-state index contributed by atoms with van der Waals surface area (Å²) in [6, 6.07) is 0. The standard InChI is InChI=1S/C19H26O7/c1-9-7-13-15(19(24,8-10(2)20)17(23)26-13)16(25-11(3)21)18(4)12(9)5-6-14(18)22/h5-6,9-10,12-13,15-16,20,24H,7-8H2,1-4H3/t9-,10-,12+,13+,15-,16+,18+,19+/m1/s1. The molecule has 7 heteroatoms. The molecular formula is C19H26O7. The number of hydrogen-bond acceptors (Lipinski definition) is 7. The summed E-state index contributed by atoms with van der Waals surface area (Å²) in [6.45, 7) is 6.38. The fourth-order valence-corrected chi connectivity index (χ4v) is 5.17. The number of fused-ring (bicyclic) bond motifs is 2. The number of esters is 2. The van der Waals surface area contributed by atoms with E-state index in [4.69, 9.17) is 9.47 Å². The molecular weight excluding hydrogens is 340 g/mol. The van der Waals surface area contributed by atoms with Crippen molar-refractivity contribution in [2.45, 2.75) is 64.4 Å². The molecule has 0 amide bonds. The predicted octanol–water partition coefficient (Wildman–Crippen LogP) is 0.763. The van der Waals surface area contributed by atoms with E-state index in [1.807, 2.05) is 13.0 Å². The lowest BCUT2D eigenvalue weighted by Crippen LogP contribution is -2.57. The van der Waals surface area contributed by atoms with Gasteiger partial charge in [0.15, 0.2) is 11.4 Å². The van der Waals surface area contributed by atoms with Crippen molar-refractivity contribution in [1.82, 2.24) is 0 Å². The number of carbonyl (C=O) groups excluding carboxylic acids is 3. The Morgan fingerprint density at radius 3 is 2.69 bits per heavy atom. The van der Waals surface area contributed by atoms with Crippen LogP contribution in [0, 0.1) is 23.2 Å². The van der Waals surface area contributed by atoms with Crippen LogP contribution >= 0.6 is 0 Å². The molecule has 0 aromatic rings. The second kappa shape index (κ2) is 6.16. The number of aliphatic hydroxyl groups excluding tert-OH is 1. The number of aliphatic hydroxyl groups is 2. The number of ketones is 1. The van der Waals surface area contributed by atoms with Crippen molar-refractivity contribution in [3.63, 3.8) is 0 Å². The molecule has 8 atom stereocenters. The molecule has 26 heavy (non-hydrogen) atoms. The molecule has 0 radical (unpaired) electrons. The third-order valence-corrected chi connectivity index (χ3v) is 6.28. The zero-order valence-corrected chi connectivity index (χ0v) is 15.5. The van der Waals surface area contributed by atoms with Crippen LogP contribution in [0.5, 0.6) is 0 Å². The Labute approximate surface area is 152 Å². The summed E-state index contributed by atoms with van der Waals surface area (Å²) < 4.78 is 11.0. The van der Waals surface area contributed by atoms with Gasteiger partial charge in [-0.3, -0.25) is 9.59 Å². The van der Waals surface area contributed by atoms with Crippen molar-refractivity contribution < 1.29 is 34.1 Å². The van der Waals surface area contributed by atoms with Gasteiger partial charge in [-0.1, -0.05) is 13.0 Å². The molecule has 2 aliphatic carbocycles. The van der Waals surface area contributed by atoms with Crippen LogP contribution in [-0.4, -0.2) is 51.8 Å². The molecule has 0 aromatic carbocycles. The van der Waals surface area contributed by atoms with Crippen LogP contribution in [0.15, 0.2) is 12.2 Å². The molecule has 1 aliphatic heterocycles. The lowest BCUT2D eigenvalue weighted by Gasteiger charge is -2.42. The summed E-state index contributed by atoms with van der Waals surface area (Å²) >= 11 is 0. The van der Waals surface area contributed by atoms with Crippen LogP contribution in [0.25, 0.3) is 0 Å². The molecule has 0 unspecified atom stereocenters. The Morgan fingerprint density at radius 1 is 1.46 bits per heavy atom. The Morgan fingerprint density at radius 2 is 2.12 bits per heavy atom. The van der Waals surface area contributed by atoms with Crippen LogP contribution in [0.1, 0.15) is 40.5 Å². The SMILES string of the molecule is CC(=O)O[C@H]1[C@H]2[C@H](C[C@@H](C)[C@@H]3C=CC(=O)[C@]31C)OC(=O)[C@]2(O)C[C@@H](C)O. The monoisotopic (exact) mass is 366 g/mol. The second-order valence-electron chi connectivity index (χ2n) is 8.22. The highest BCUT2D eigenvalue weighted by Crippen LogP contribution is 2.56. The van der Waals surface area contributed by atoms with Crippen molar-refractivity contribution in [3.05, 3.63) is 12.2 Å². The van der Waals surface area contributed by atoms with E-state index in [-0.39, 0.29) is 24.0 Å². The first-order valence-electron chi connectivity index (χ1n) is 9.03. The number of hydrogen-bond donors (Lipinski definition) is 2. The van der Waals surface area contributed by atoms with Crippen molar-refractivity contribution in [2.24, 2.45) is 23.2 Å². The molecule has 3 rings (SSSR count). The molecule has 1 saturated heterocycles. The fourth-order valence-electron chi connectivity index (χ4n) is 5.17. The van der Waals surface area contributed by atoms with E-state index in [1.54, 1.807) is 6.92 Å². The molecule has 2 fully saturated rings. The zero-order valence-electron chi connectivity index (χ0n) is 15.5. The Bertz CT molecular complexity index is 669. The average Bonchev–Trinajstić information content (AvgIpc) is 2.89. The molecule has 1 heterocycles. The summed E-state index contributed by atoms with van der Waals surface area (Å²) in [7, 11) is 0. The molecule has 0 bridgehead atoms. The number of ether oxygens (including phenoxy) is 2. The third-order valence-electron chi connectivity index (χ3n) is 6.28. The van der Waals surface area contributed by atoms with Gasteiger partial charge in [-0.25, -0.2) is 4.79 Å². The topological polar surface area (TPSA) is 110 Å². The Hall–Kier alpha value is -1.73. The highest BCUT2D eigenvalue weighted by atomic mass is 16.6. The molecule has 2 N–H and O–H groups in total. The van der Waals surface area contributed by atoms with Crippen molar-refractivity contribution >= 4 is 17.7 Å². The molecule has 0 spiro atoms. The maximum absolute atomic E-state index is 12.8. The van der Waals surface area contributed by atoms with Gasteiger partial charge in [0, 0.05) is 13.3 Å². The average molecular weight is 366 g/mol. The maximum Gasteiger partial charge on any atom is 0.339 e. The van der Waals surface area contributed by atoms with Gasteiger partial charge in [-0.15, -0.1) is 0 Å². The first-order valence-corrected chi connectivity index (χ1v) is 9.03. The quantitative estimate of drug-likeness (QED) is 0.710. The third kappa shape index (κ3) is 2.60. The predicted molar refractivity (Wildman–Crippen MR) is 89.7 cm³/mol. The van der Waals surface area contributed by atoms with E-state index in [1.165, 1.54) is 19.9 Å². The molecule has 144 valence electrons. The van der Waals surface area contributed by atoms with Gasteiger partial charge < -0.3 is 19.7 Å². The van der Waals surface area contributed by atoms with Crippen molar-refractivity contribution in [2.75, 3.05) is 0 Å². The van der Waals surface area contributed by atoms with E-state index >= 15 is 0 Å². The van der Waals surface area contributed by atoms with Gasteiger partial charge in [0.25, 0.3) is 0 Å². The highest BCUT2D eigenvalue weighted by molar-refractivity contribution is 5.98. The van der Waals surface area contributed by atoms with Crippen LogP contribution in [-0.2, 0) is 23.9 Å². The lowest BCUT2D eigenvalue weighted by atomic mass is 9.65. The van der Waals surface area contributed by atoms with E-state index in [9.17, 15) is 24.6 Å². The van der Waals surface area contributed by atoms with E-state index < -0.39 is 47.2 Å². The molecule has 0 aromatic heterocycles. The van der Waals surface area contributed by atoms with Crippen molar-refractivity contribution in [1.29, 1.82) is 0 Å². The smallest absolute Gasteiger partial charge is 0.339 e. The fraction of sp³-hybridized carbons (Fsp3) is 0.737. The van der Waals surface area contributed by atoms with Crippen LogP contribution < -0.4 is 0 Å². The van der Waals surface area contributed by atoms with Gasteiger partial charge >= 0.3 is 11.9 Å². The maximum atomic E-state index is 12.8. The van der Waals surface area contributed by atoms with Gasteiger partial charge in [-0.05, 0) is 38.2 Å².